The maximum absolute atomic E-state index is 11.4. The van der Waals surface area contributed by atoms with E-state index in [1.807, 2.05) is 11.8 Å². The molecule has 2 saturated heterocycles. The van der Waals surface area contributed by atoms with Crippen molar-refractivity contribution in [2.45, 2.75) is 128 Å². The summed E-state index contributed by atoms with van der Waals surface area (Å²) in [4.78, 5) is 12.4. The van der Waals surface area contributed by atoms with Gasteiger partial charge in [-0.25, -0.2) is 0 Å². The molecular weight excluding hydrogens is 779 g/mol. The molecular formula is C51H55N5S3. The lowest BCUT2D eigenvalue weighted by Gasteiger charge is -2.60. The second-order valence-corrected chi connectivity index (χ2v) is 22.2. The summed E-state index contributed by atoms with van der Waals surface area (Å²) in [5.74, 6) is 1.91. The zero-order valence-electron chi connectivity index (χ0n) is 33.8. The molecule has 302 valence electrons. The summed E-state index contributed by atoms with van der Waals surface area (Å²) in [5, 5.41) is 17.8. The Kier molecular flexibility index (Phi) is 9.86. The Morgan fingerprint density at radius 3 is 2.53 bits per heavy atom. The first-order chi connectivity index (χ1) is 29.2. The maximum atomic E-state index is 11.4. The van der Waals surface area contributed by atoms with Gasteiger partial charge in [0.1, 0.15) is 0 Å². The number of para-hydroxylation sites is 1. The van der Waals surface area contributed by atoms with Crippen LogP contribution < -0.4 is 10.2 Å². The second-order valence-electron chi connectivity index (χ2n) is 18.4. The van der Waals surface area contributed by atoms with E-state index in [0.29, 0.717) is 23.4 Å². The van der Waals surface area contributed by atoms with E-state index in [1.165, 1.54) is 81.6 Å². The fraction of sp³-hybridized carbons (Fsp3) is 0.471. The number of hydrogen-bond donors (Lipinski definition) is 1. The van der Waals surface area contributed by atoms with Gasteiger partial charge in [-0.05, 0) is 107 Å². The van der Waals surface area contributed by atoms with Crippen molar-refractivity contribution in [3.8, 4) is 6.07 Å². The molecule has 0 radical (unpaired) electrons. The number of allylic oxidation sites excluding steroid dienone is 11. The molecule has 4 heterocycles. The van der Waals surface area contributed by atoms with Gasteiger partial charge in [0.15, 0.2) is 0 Å². The van der Waals surface area contributed by atoms with Crippen LogP contribution in [0, 0.1) is 35.0 Å². The summed E-state index contributed by atoms with van der Waals surface area (Å²) in [6, 6.07) is 12.6. The minimum atomic E-state index is -0.272. The van der Waals surface area contributed by atoms with Crippen LogP contribution in [0.25, 0.3) is 0 Å². The van der Waals surface area contributed by atoms with E-state index in [1.54, 1.807) is 0 Å². The molecule has 12 atom stereocenters. The summed E-state index contributed by atoms with van der Waals surface area (Å²) < 4.78 is 0. The third-order valence-corrected chi connectivity index (χ3v) is 19.7. The first-order valence-corrected chi connectivity index (χ1v) is 25.4. The Morgan fingerprint density at radius 1 is 0.746 bits per heavy atom. The van der Waals surface area contributed by atoms with Crippen LogP contribution in [0.5, 0.6) is 0 Å². The number of thioether (sulfide) groups is 3. The number of fused-ring (bicyclic) bond motifs is 5. The monoisotopic (exact) mass is 833 g/mol. The smallest absolute Gasteiger partial charge is 0.0908 e. The van der Waals surface area contributed by atoms with Crippen LogP contribution in [0.2, 0.25) is 0 Å². The maximum Gasteiger partial charge on any atom is 0.0908 e. The number of nitriles is 1. The fourth-order valence-electron chi connectivity index (χ4n) is 12.8. The number of anilines is 1. The molecule has 0 bridgehead atoms. The van der Waals surface area contributed by atoms with Gasteiger partial charge in [0, 0.05) is 59.2 Å². The topological polar surface area (TPSA) is 45.5 Å². The predicted octanol–water partition coefficient (Wildman–Crippen LogP) is 11.5. The molecule has 59 heavy (non-hydrogen) atoms. The lowest BCUT2D eigenvalue weighted by molar-refractivity contribution is -0.0877. The van der Waals surface area contributed by atoms with Crippen LogP contribution in [-0.2, 0) is 0 Å². The van der Waals surface area contributed by atoms with Crippen molar-refractivity contribution in [3.05, 3.63) is 142 Å². The van der Waals surface area contributed by atoms with Gasteiger partial charge >= 0.3 is 0 Å². The standard InChI is InChI=1S/C51H55N5S3/c52-31-32-29-36(51-53-50(54(51)33-15-2-1-3-16-33)35-18-14-28-48-49(35)34-17-4-9-23-43(34)57-48)42(56-39-21-7-12-26-46(39)59-47-27-13-8-22-40(47)56)30-41(32)55-37-19-5-10-24-44(37)58-45-25-11-6-20-38(45)55/h1-5,7,9,11-13,15,19,21,25-27,29-30,32-35,37,41,43-44,48-51,53H,6,8,10,14,16-18,20,22-24,28H2. The van der Waals surface area contributed by atoms with Crippen LogP contribution in [0.1, 0.15) is 77.0 Å². The molecule has 3 fully saturated rings. The number of rotatable bonds is 5. The quantitative estimate of drug-likeness (QED) is 0.294. The molecule has 1 N–H and O–H groups in total. The van der Waals surface area contributed by atoms with E-state index in [9.17, 15) is 5.26 Å². The van der Waals surface area contributed by atoms with Gasteiger partial charge in [0.05, 0.1) is 42.1 Å². The summed E-state index contributed by atoms with van der Waals surface area (Å²) in [5.41, 5.74) is 6.71. The number of benzene rings is 1. The first-order valence-electron chi connectivity index (χ1n) is 22.7. The summed E-state index contributed by atoms with van der Waals surface area (Å²) in [6.07, 6.45) is 48.1. The third kappa shape index (κ3) is 6.26. The largest absolute Gasteiger partial charge is 0.358 e. The zero-order valence-corrected chi connectivity index (χ0v) is 36.3. The van der Waals surface area contributed by atoms with E-state index in [-0.39, 0.29) is 24.2 Å². The molecule has 0 amide bonds. The van der Waals surface area contributed by atoms with Crippen molar-refractivity contribution in [1.82, 2.24) is 15.1 Å². The van der Waals surface area contributed by atoms with E-state index in [4.69, 9.17) is 0 Å². The third-order valence-electron chi connectivity index (χ3n) is 15.3. The molecule has 1 aromatic carbocycles. The van der Waals surface area contributed by atoms with Gasteiger partial charge in [-0.3, -0.25) is 10.2 Å². The van der Waals surface area contributed by atoms with Crippen molar-refractivity contribution in [2.24, 2.45) is 23.7 Å². The van der Waals surface area contributed by atoms with E-state index in [2.05, 4.69) is 159 Å². The molecule has 11 aliphatic rings. The average Bonchev–Trinajstić information content (AvgIpc) is 3.67. The van der Waals surface area contributed by atoms with Gasteiger partial charge in [-0.2, -0.15) is 17.0 Å². The Hall–Kier alpha value is -3.32. The normalized spacial score (nSPS) is 39.3. The highest BCUT2D eigenvalue weighted by Crippen LogP contribution is 2.58. The molecule has 0 spiro atoms. The first kappa shape index (κ1) is 37.4. The molecule has 1 saturated carbocycles. The van der Waals surface area contributed by atoms with Gasteiger partial charge in [-0.15, -0.1) is 11.8 Å². The van der Waals surface area contributed by atoms with Crippen LogP contribution in [-0.4, -0.2) is 56.0 Å². The molecule has 4 aliphatic heterocycles. The van der Waals surface area contributed by atoms with Crippen molar-refractivity contribution in [1.29, 1.82) is 5.26 Å². The molecule has 0 aromatic heterocycles. The highest BCUT2D eigenvalue weighted by atomic mass is 32.2. The van der Waals surface area contributed by atoms with Crippen molar-refractivity contribution >= 4 is 41.0 Å². The Bertz CT molecular complexity index is 2250. The van der Waals surface area contributed by atoms with Gasteiger partial charge in [0.25, 0.3) is 0 Å². The minimum absolute atomic E-state index is 0.0252. The number of nitrogens with zero attached hydrogens (tertiary/aromatic N) is 4. The van der Waals surface area contributed by atoms with Crippen molar-refractivity contribution in [3.63, 3.8) is 0 Å². The summed E-state index contributed by atoms with van der Waals surface area (Å²) in [7, 11) is 0. The van der Waals surface area contributed by atoms with Gasteiger partial charge < -0.3 is 9.80 Å². The summed E-state index contributed by atoms with van der Waals surface area (Å²) >= 11 is 6.36. The SMILES string of the molecule is N#CC1C=C(C2NC(C3CCCC4SC5CC=CCC5C43)N2C2C=CC=CC2)C(N2C3=C(C=CCC3)Sc3ccccc32)=CC1N1C2=C(C=CCC2)SC2CCC=CC21. The minimum Gasteiger partial charge on any atom is -0.358 e. The van der Waals surface area contributed by atoms with E-state index in [0.717, 1.165) is 60.9 Å². The molecule has 12 unspecified atom stereocenters. The number of nitrogens with one attached hydrogen (secondary N) is 1. The second kappa shape index (κ2) is 15.5. The van der Waals surface area contributed by atoms with E-state index >= 15 is 0 Å². The Morgan fingerprint density at radius 2 is 1.63 bits per heavy atom. The molecule has 5 nitrogen and oxygen atoms in total. The highest BCUT2D eigenvalue weighted by molar-refractivity contribution is 8.04. The van der Waals surface area contributed by atoms with Crippen molar-refractivity contribution in [2.75, 3.05) is 4.90 Å². The average molecular weight is 834 g/mol. The fourth-order valence-corrected chi connectivity index (χ4v) is 17.4. The van der Waals surface area contributed by atoms with Gasteiger partial charge in [-0.1, -0.05) is 109 Å². The lowest BCUT2D eigenvalue weighted by atomic mass is 9.66. The Balaban J connectivity index is 0.998. The molecule has 7 aliphatic carbocycles. The molecule has 1 aromatic rings. The predicted molar refractivity (Wildman–Crippen MR) is 247 cm³/mol. The van der Waals surface area contributed by atoms with Crippen LogP contribution in [0.3, 0.4) is 0 Å². The Labute approximate surface area is 363 Å². The lowest BCUT2D eigenvalue weighted by Crippen LogP contribution is -2.76. The van der Waals surface area contributed by atoms with Crippen molar-refractivity contribution < 1.29 is 0 Å². The van der Waals surface area contributed by atoms with E-state index < -0.39 is 0 Å². The zero-order chi connectivity index (χ0) is 39.0. The highest BCUT2D eigenvalue weighted by Gasteiger charge is 2.57. The van der Waals surface area contributed by atoms with Crippen LogP contribution in [0.4, 0.5) is 5.69 Å². The van der Waals surface area contributed by atoms with Gasteiger partial charge in [0.2, 0.25) is 0 Å². The summed E-state index contributed by atoms with van der Waals surface area (Å²) in [6.45, 7) is 0. The molecule has 12 rings (SSSR count). The number of hydrogen-bond acceptors (Lipinski definition) is 8. The van der Waals surface area contributed by atoms with Crippen LogP contribution in [0.15, 0.2) is 147 Å². The van der Waals surface area contributed by atoms with Crippen LogP contribution >= 0.6 is 35.3 Å². The molecule has 8 heteroatoms.